The lowest BCUT2D eigenvalue weighted by molar-refractivity contribution is -0.136. The second kappa shape index (κ2) is 9.36. The monoisotopic (exact) mass is 477 g/mol. The SMILES string of the molecule is CC1CCCN1c1ccc(NC(=O)OCc2ccc3c(c2)C(=O)N(C2CCC(=O)NC2=O)C3)cn1. The van der Waals surface area contributed by atoms with E-state index in [0.717, 1.165) is 30.8 Å². The van der Waals surface area contributed by atoms with Crippen molar-refractivity contribution in [3.63, 3.8) is 0 Å². The lowest BCUT2D eigenvalue weighted by atomic mass is 10.0. The number of fused-ring (bicyclic) bond motifs is 1. The number of hydrogen-bond donors (Lipinski definition) is 2. The second-order valence-corrected chi connectivity index (χ2v) is 9.18. The van der Waals surface area contributed by atoms with Gasteiger partial charge in [0, 0.05) is 31.1 Å². The van der Waals surface area contributed by atoms with E-state index in [0.29, 0.717) is 35.8 Å². The van der Waals surface area contributed by atoms with Gasteiger partial charge in [-0.25, -0.2) is 9.78 Å². The number of ether oxygens (including phenoxy) is 1. The van der Waals surface area contributed by atoms with Crippen molar-refractivity contribution in [1.29, 1.82) is 0 Å². The molecule has 10 nitrogen and oxygen atoms in total. The Morgan fingerprint density at radius 3 is 2.74 bits per heavy atom. The summed E-state index contributed by atoms with van der Waals surface area (Å²) in [6, 6.07) is 8.76. The van der Waals surface area contributed by atoms with Gasteiger partial charge < -0.3 is 14.5 Å². The van der Waals surface area contributed by atoms with Gasteiger partial charge in [0.25, 0.3) is 5.91 Å². The normalized spacial score (nSPS) is 21.7. The van der Waals surface area contributed by atoms with Crippen molar-refractivity contribution in [2.75, 3.05) is 16.8 Å². The zero-order valence-electron chi connectivity index (χ0n) is 19.5. The molecule has 5 rings (SSSR count). The fraction of sp³-hybridized carbons (Fsp3) is 0.400. The summed E-state index contributed by atoms with van der Waals surface area (Å²) in [4.78, 5) is 57.0. The molecule has 2 atom stereocenters. The molecular formula is C25H27N5O5. The van der Waals surface area contributed by atoms with Gasteiger partial charge in [0.1, 0.15) is 18.5 Å². The number of aromatic nitrogens is 1. The molecule has 10 heteroatoms. The quantitative estimate of drug-likeness (QED) is 0.635. The third kappa shape index (κ3) is 4.68. The molecular weight excluding hydrogens is 450 g/mol. The van der Waals surface area contributed by atoms with Crippen LogP contribution in [0.15, 0.2) is 36.5 Å². The van der Waals surface area contributed by atoms with Gasteiger partial charge in [-0.3, -0.25) is 25.0 Å². The van der Waals surface area contributed by atoms with Gasteiger partial charge >= 0.3 is 6.09 Å². The number of benzene rings is 1. The summed E-state index contributed by atoms with van der Waals surface area (Å²) in [6.07, 6.45) is 3.81. The highest BCUT2D eigenvalue weighted by Gasteiger charge is 2.39. The molecule has 2 aromatic rings. The molecule has 0 bridgehead atoms. The van der Waals surface area contributed by atoms with Gasteiger partial charge in [0.15, 0.2) is 0 Å². The van der Waals surface area contributed by atoms with E-state index in [2.05, 4.69) is 27.4 Å². The molecule has 0 radical (unpaired) electrons. The molecule has 3 aliphatic heterocycles. The standard InChI is InChI=1S/C25H27N5O5/c1-15-3-2-10-29(15)21-8-6-18(12-26-21)27-25(34)35-14-16-4-5-17-13-30(24(33)19(17)11-16)20-7-9-22(31)28-23(20)32/h4-6,8,11-12,15,20H,2-3,7,9-10,13-14H2,1H3,(H,27,34)(H,28,31,32). The number of imide groups is 1. The highest BCUT2D eigenvalue weighted by molar-refractivity contribution is 6.05. The number of rotatable bonds is 5. The second-order valence-electron chi connectivity index (χ2n) is 9.18. The molecule has 4 heterocycles. The third-order valence-corrected chi connectivity index (χ3v) is 6.80. The molecule has 182 valence electrons. The Morgan fingerprint density at radius 2 is 2.03 bits per heavy atom. The number of pyridine rings is 1. The number of nitrogens with one attached hydrogen (secondary N) is 2. The highest BCUT2D eigenvalue weighted by atomic mass is 16.5. The van der Waals surface area contributed by atoms with Crippen molar-refractivity contribution in [2.24, 2.45) is 0 Å². The number of carbonyl (C=O) groups is 4. The Bertz CT molecular complexity index is 1180. The van der Waals surface area contributed by atoms with Gasteiger partial charge in [-0.1, -0.05) is 12.1 Å². The fourth-order valence-corrected chi connectivity index (χ4v) is 4.90. The number of amides is 4. The molecule has 0 spiro atoms. The first-order valence-corrected chi connectivity index (χ1v) is 11.8. The highest BCUT2D eigenvalue weighted by Crippen LogP contribution is 2.28. The van der Waals surface area contributed by atoms with E-state index in [1.165, 1.54) is 4.90 Å². The summed E-state index contributed by atoms with van der Waals surface area (Å²) < 4.78 is 5.33. The number of piperidine rings is 1. The van der Waals surface area contributed by atoms with Crippen LogP contribution in [0.2, 0.25) is 0 Å². The molecule has 3 aliphatic rings. The van der Waals surface area contributed by atoms with Crippen molar-refractivity contribution in [1.82, 2.24) is 15.2 Å². The lowest BCUT2D eigenvalue weighted by Gasteiger charge is -2.29. The maximum atomic E-state index is 12.9. The minimum absolute atomic E-state index is 0.0123. The van der Waals surface area contributed by atoms with Crippen LogP contribution in [0.4, 0.5) is 16.3 Å². The van der Waals surface area contributed by atoms with E-state index in [1.54, 1.807) is 30.5 Å². The Kier molecular flexibility index (Phi) is 6.10. The summed E-state index contributed by atoms with van der Waals surface area (Å²) in [5.41, 5.74) is 2.47. The molecule has 4 amide bonds. The predicted octanol–water partition coefficient (Wildman–Crippen LogP) is 2.58. The summed E-state index contributed by atoms with van der Waals surface area (Å²) in [6.45, 7) is 3.46. The van der Waals surface area contributed by atoms with Crippen molar-refractivity contribution < 1.29 is 23.9 Å². The van der Waals surface area contributed by atoms with Gasteiger partial charge in [0.2, 0.25) is 11.8 Å². The number of nitrogens with zero attached hydrogens (tertiary/aromatic N) is 3. The smallest absolute Gasteiger partial charge is 0.412 e. The Morgan fingerprint density at radius 1 is 1.17 bits per heavy atom. The zero-order valence-corrected chi connectivity index (χ0v) is 19.5. The minimum atomic E-state index is -0.660. The third-order valence-electron chi connectivity index (χ3n) is 6.80. The molecule has 2 fully saturated rings. The first-order chi connectivity index (χ1) is 16.9. The van der Waals surface area contributed by atoms with E-state index in [-0.39, 0.29) is 24.8 Å². The van der Waals surface area contributed by atoms with E-state index in [4.69, 9.17) is 4.74 Å². The summed E-state index contributed by atoms with van der Waals surface area (Å²) in [5.74, 6) is -0.136. The van der Waals surface area contributed by atoms with E-state index in [1.807, 2.05) is 6.07 Å². The van der Waals surface area contributed by atoms with Crippen molar-refractivity contribution in [2.45, 2.75) is 57.8 Å². The molecule has 0 aliphatic carbocycles. The Hall–Kier alpha value is -3.95. The van der Waals surface area contributed by atoms with Crippen molar-refractivity contribution in [3.8, 4) is 0 Å². The number of hydrogen-bond acceptors (Lipinski definition) is 7. The first-order valence-electron chi connectivity index (χ1n) is 11.8. The average Bonchev–Trinajstić information content (AvgIpc) is 3.41. The maximum absolute atomic E-state index is 12.9. The Balaban J connectivity index is 1.16. The minimum Gasteiger partial charge on any atom is -0.444 e. The summed E-state index contributed by atoms with van der Waals surface area (Å²) in [7, 11) is 0. The van der Waals surface area contributed by atoms with Crippen LogP contribution in [-0.2, 0) is 27.5 Å². The van der Waals surface area contributed by atoms with Crippen LogP contribution in [0.5, 0.6) is 0 Å². The molecule has 2 N–H and O–H groups in total. The first kappa shape index (κ1) is 22.8. The van der Waals surface area contributed by atoms with Gasteiger partial charge in [-0.15, -0.1) is 0 Å². The molecule has 1 aromatic carbocycles. The lowest BCUT2D eigenvalue weighted by Crippen LogP contribution is -2.52. The van der Waals surface area contributed by atoms with Crippen LogP contribution in [0.25, 0.3) is 0 Å². The topological polar surface area (TPSA) is 121 Å². The van der Waals surface area contributed by atoms with Crippen LogP contribution >= 0.6 is 0 Å². The molecule has 2 saturated heterocycles. The van der Waals surface area contributed by atoms with Gasteiger partial charge in [-0.2, -0.15) is 0 Å². The van der Waals surface area contributed by atoms with Crippen molar-refractivity contribution >= 4 is 35.3 Å². The number of carbonyl (C=O) groups excluding carboxylic acids is 4. The van der Waals surface area contributed by atoms with E-state index < -0.39 is 18.0 Å². The molecule has 1 aromatic heterocycles. The Labute approximate surface area is 202 Å². The molecule has 0 saturated carbocycles. The van der Waals surface area contributed by atoms with Crippen LogP contribution in [0.1, 0.15) is 54.1 Å². The van der Waals surface area contributed by atoms with Crippen LogP contribution in [0.3, 0.4) is 0 Å². The van der Waals surface area contributed by atoms with E-state index >= 15 is 0 Å². The molecule has 2 unspecified atom stereocenters. The largest absolute Gasteiger partial charge is 0.444 e. The predicted molar refractivity (Wildman–Crippen MR) is 127 cm³/mol. The van der Waals surface area contributed by atoms with Gasteiger partial charge in [-0.05, 0) is 55.5 Å². The van der Waals surface area contributed by atoms with Crippen LogP contribution in [0, 0.1) is 0 Å². The fourth-order valence-electron chi connectivity index (χ4n) is 4.90. The maximum Gasteiger partial charge on any atom is 0.412 e. The molecule has 35 heavy (non-hydrogen) atoms. The summed E-state index contributed by atoms with van der Waals surface area (Å²) >= 11 is 0. The van der Waals surface area contributed by atoms with Crippen LogP contribution < -0.4 is 15.5 Å². The van der Waals surface area contributed by atoms with Crippen LogP contribution in [-0.4, -0.2) is 52.3 Å². The van der Waals surface area contributed by atoms with Gasteiger partial charge in [0.05, 0.1) is 11.9 Å². The number of anilines is 2. The zero-order chi connectivity index (χ0) is 24.5. The van der Waals surface area contributed by atoms with E-state index in [9.17, 15) is 19.2 Å². The average molecular weight is 478 g/mol. The summed E-state index contributed by atoms with van der Waals surface area (Å²) in [5, 5.41) is 4.97. The van der Waals surface area contributed by atoms with Crippen molar-refractivity contribution in [3.05, 3.63) is 53.2 Å².